The van der Waals surface area contributed by atoms with Crippen LogP contribution in [0.15, 0.2) is 18.3 Å². The lowest BCUT2D eigenvalue weighted by molar-refractivity contribution is -0.116. The van der Waals surface area contributed by atoms with E-state index in [0.29, 0.717) is 19.8 Å². The van der Waals surface area contributed by atoms with Crippen molar-refractivity contribution < 1.29 is 14.3 Å². The van der Waals surface area contributed by atoms with Crippen molar-refractivity contribution in [2.75, 3.05) is 24.7 Å². The summed E-state index contributed by atoms with van der Waals surface area (Å²) in [6, 6.07) is 3.69. The molecule has 2 rings (SSSR count). The number of ether oxygens (including phenoxy) is 2. The van der Waals surface area contributed by atoms with Crippen molar-refractivity contribution in [3.63, 3.8) is 0 Å². The molecule has 92 valence electrons. The first-order valence-electron chi connectivity index (χ1n) is 5.69. The molecule has 0 spiro atoms. The molecule has 0 radical (unpaired) electrons. The maximum atomic E-state index is 11.4. The van der Waals surface area contributed by atoms with Crippen molar-refractivity contribution in [3.8, 4) is 0 Å². The van der Waals surface area contributed by atoms with Gasteiger partial charge in [0.2, 0.25) is 12.2 Å². The summed E-state index contributed by atoms with van der Waals surface area (Å²) in [7, 11) is 0. The summed E-state index contributed by atoms with van der Waals surface area (Å²) in [5.74, 6) is 0.00964. The number of carbonyl (C=O) groups excluding carboxylic acids is 1. The Morgan fingerprint density at radius 2 is 2.18 bits per heavy atom. The molecule has 0 saturated carbocycles. The van der Waals surface area contributed by atoms with E-state index < -0.39 is 0 Å². The van der Waals surface area contributed by atoms with Crippen LogP contribution in [0.3, 0.4) is 0 Å². The number of hydrogen-bond acceptors (Lipinski definition) is 4. The standard InChI is InChI=1S/C12H16N2O3/c1-3-14(9(2)15)10-4-5-11(13-8-10)12-16-6-7-17-12/h4-5,8,12H,3,6-7H2,1-2H3. The van der Waals surface area contributed by atoms with Gasteiger partial charge in [0.25, 0.3) is 0 Å². The maximum Gasteiger partial charge on any atom is 0.223 e. The highest BCUT2D eigenvalue weighted by molar-refractivity contribution is 5.91. The lowest BCUT2D eigenvalue weighted by Gasteiger charge is -2.19. The van der Waals surface area contributed by atoms with Crippen molar-refractivity contribution in [3.05, 3.63) is 24.0 Å². The number of nitrogens with zero attached hydrogens (tertiary/aromatic N) is 2. The fourth-order valence-electron chi connectivity index (χ4n) is 1.81. The van der Waals surface area contributed by atoms with Crippen LogP contribution >= 0.6 is 0 Å². The Labute approximate surface area is 100 Å². The highest BCUT2D eigenvalue weighted by Gasteiger charge is 2.20. The zero-order valence-corrected chi connectivity index (χ0v) is 10.0. The number of pyridine rings is 1. The van der Waals surface area contributed by atoms with E-state index in [1.54, 1.807) is 18.0 Å². The molecule has 1 amide bonds. The lowest BCUT2D eigenvalue weighted by atomic mass is 10.3. The molecule has 0 aliphatic carbocycles. The van der Waals surface area contributed by atoms with E-state index in [0.717, 1.165) is 11.4 Å². The Kier molecular flexibility index (Phi) is 3.71. The molecular formula is C12H16N2O3. The molecule has 1 aromatic rings. The Morgan fingerprint density at radius 3 is 2.65 bits per heavy atom. The number of anilines is 1. The second-order valence-corrected chi connectivity index (χ2v) is 3.78. The van der Waals surface area contributed by atoms with E-state index in [1.165, 1.54) is 0 Å². The number of aromatic nitrogens is 1. The first-order chi connectivity index (χ1) is 8.22. The minimum absolute atomic E-state index is 0.00964. The highest BCUT2D eigenvalue weighted by atomic mass is 16.7. The van der Waals surface area contributed by atoms with Gasteiger partial charge in [-0.15, -0.1) is 0 Å². The van der Waals surface area contributed by atoms with Crippen LogP contribution in [0.4, 0.5) is 5.69 Å². The number of carbonyl (C=O) groups is 1. The summed E-state index contributed by atoms with van der Waals surface area (Å²) < 4.78 is 10.7. The predicted molar refractivity (Wildman–Crippen MR) is 62.6 cm³/mol. The molecule has 1 aromatic heterocycles. The van der Waals surface area contributed by atoms with Gasteiger partial charge in [0.15, 0.2) is 0 Å². The molecule has 2 heterocycles. The largest absolute Gasteiger partial charge is 0.345 e. The van der Waals surface area contributed by atoms with E-state index in [-0.39, 0.29) is 12.2 Å². The quantitative estimate of drug-likeness (QED) is 0.798. The summed E-state index contributed by atoms with van der Waals surface area (Å²) in [5.41, 5.74) is 1.53. The summed E-state index contributed by atoms with van der Waals surface area (Å²) in [6.45, 7) is 5.30. The van der Waals surface area contributed by atoms with E-state index in [2.05, 4.69) is 4.98 Å². The van der Waals surface area contributed by atoms with E-state index in [4.69, 9.17) is 9.47 Å². The average molecular weight is 236 g/mol. The molecule has 17 heavy (non-hydrogen) atoms. The second kappa shape index (κ2) is 5.25. The van der Waals surface area contributed by atoms with Crippen LogP contribution in [0.1, 0.15) is 25.8 Å². The van der Waals surface area contributed by atoms with Crippen molar-refractivity contribution in [2.45, 2.75) is 20.1 Å². The predicted octanol–water partition coefficient (Wildman–Crippen LogP) is 1.50. The Balaban J connectivity index is 2.14. The molecule has 1 saturated heterocycles. The zero-order valence-electron chi connectivity index (χ0n) is 10.0. The molecule has 0 N–H and O–H groups in total. The molecule has 5 heteroatoms. The Hall–Kier alpha value is -1.46. The van der Waals surface area contributed by atoms with Gasteiger partial charge < -0.3 is 14.4 Å². The summed E-state index contributed by atoms with van der Waals surface area (Å²) in [5, 5.41) is 0. The van der Waals surface area contributed by atoms with Crippen molar-refractivity contribution in [1.29, 1.82) is 0 Å². The van der Waals surface area contributed by atoms with Gasteiger partial charge in [-0.3, -0.25) is 9.78 Å². The van der Waals surface area contributed by atoms with Gasteiger partial charge >= 0.3 is 0 Å². The van der Waals surface area contributed by atoms with Crippen LogP contribution in [-0.2, 0) is 14.3 Å². The van der Waals surface area contributed by atoms with Crippen LogP contribution in [0, 0.1) is 0 Å². The van der Waals surface area contributed by atoms with Crippen LogP contribution in [-0.4, -0.2) is 30.6 Å². The fraction of sp³-hybridized carbons (Fsp3) is 0.500. The molecule has 0 atom stereocenters. The molecule has 0 unspecified atom stereocenters. The molecule has 1 fully saturated rings. The third kappa shape index (κ3) is 2.62. The van der Waals surface area contributed by atoms with Crippen molar-refractivity contribution in [2.24, 2.45) is 0 Å². The van der Waals surface area contributed by atoms with E-state index in [1.807, 2.05) is 19.1 Å². The van der Waals surface area contributed by atoms with E-state index in [9.17, 15) is 4.79 Å². The third-order valence-electron chi connectivity index (χ3n) is 2.64. The highest BCUT2D eigenvalue weighted by Crippen LogP contribution is 2.23. The van der Waals surface area contributed by atoms with Gasteiger partial charge in [0.05, 0.1) is 30.8 Å². The van der Waals surface area contributed by atoms with Gasteiger partial charge in [0.1, 0.15) is 0 Å². The SMILES string of the molecule is CCN(C(C)=O)c1ccc(C2OCCO2)nc1. The molecule has 5 nitrogen and oxygen atoms in total. The maximum absolute atomic E-state index is 11.4. The second-order valence-electron chi connectivity index (χ2n) is 3.78. The van der Waals surface area contributed by atoms with Crippen LogP contribution in [0.5, 0.6) is 0 Å². The van der Waals surface area contributed by atoms with Crippen LogP contribution < -0.4 is 4.90 Å². The Bertz CT molecular complexity index is 385. The molecule has 1 aliphatic rings. The zero-order chi connectivity index (χ0) is 12.3. The Morgan fingerprint density at radius 1 is 1.47 bits per heavy atom. The first kappa shape index (κ1) is 12.0. The van der Waals surface area contributed by atoms with Crippen LogP contribution in [0.25, 0.3) is 0 Å². The molecule has 0 bridgehead atoms. The minimum atomic E-state index is -0.364. The third-order valence-corrected chi connectivity index (χ3v) is 2.64. The monoisotopic (exact) mass is 236 g/mol. The lowest BCUT2D eigenvalue weighted by Crippen LogP contribution is -2.28. The number of amides is 1. The van der Waals surface area contributed by atoms with Gasteiger partial charge in [-0.1, -0.05) is 0 Å². The smallest absolute Gasteiger partial charge is 0.223 e. The fourth-order valence-corrected chi connectivity index (χ4v) is 1.81. The van der Waals surface area contributed by atoms with Gasteiger partial charge in [-0.05, 0) is 19.1 Å². The van der Waals surface area contributed by atoms with Crippen molar-refractivity contribution >= 4 is 11.6 Å². The summed E-state index contributed by atoms with van der Waals surface area (Å²) >= 11 is 0. The van der Waals surface area contributed by atoms with Gasteiger partial charge in [-0.2, -0.15) is 0 Å². The number of hydrogen-bond donors (Lipinski definition) is 0. The summed E-state index contributed by atoms with van der Waals surface area (Å²) in [4.78, 5) is 17.3. The molecular weight excluding hydrogens is 220 g/mol. The van der Waals surface area contributed by atoms with Gasteiger partial charge in [0, 0.05) is 13.5 Å². The normalized spacial score (nSPS) is 16.1. The number of rotatable bonds is 3. The van der Waals surface area contributed by atoms with E-state index >= 15 is 0 Å². The molecule has 0 aromatic carbocycles. The molecule has 1 aliphatic heterocycles. The first-order valence-corrected chi connectivity index (χ1v) is 5.69. The average Bonchev–Trinajstić information content (AvgIpc) is 2.84. The van der Waals surface area contributed by atoms with Crippen molar-refractivity contribution in [1.82, 2.24) is 4.98 Å². The van der Waals surface area contributed by atoms with Crippen LogP contribution in [0.2, 0.25) is 0 Å². The topological polar surface area (TPSA) is 51.7 Å². The van der Waals surface area contributed by atoms with Gasteiger partial charge in [-0.25, -0.2) is 0 Å². The minimum Gasteiger partial charge on any atom is -0.345 e. The summed E-state index contributed by atoms with van der Waals surface area (Å²) in [6.07, 6.45) is 1.31.